The number of ether oxygens (including phenoxy) is 1. The lowest BCUT2D eigenvalue weighted by atomic mass is 9.90. The van der Waals surface area contributed by atoms with Crippen molar-refractivity contribution in [1.82, 2.24) is 10.3 Å². The Morgan fingerprint density at radius 2 is 2.10 bits per heavy atom. The quantitative estimate of drug-likeness (QED) is 0.417. The second kappa shape index (κ2) is 7.21. The monoisotopic (exact) mass is 280 g/mol. The first-order chi connectivity index (χ1) is 9.38. The lowest BCUT2D eigenvalue weighted by Gasteiger charge is -2.19. The number of hydrogen-bond donors (Lipinski definition) is 3. The minimum absolute atomic E-state index is 0.158. The van der Waals surface area contributed by atoms with E-state index in [0.29, 0.717) is 31.1 Å². The molecule has 0 saturated carbocycles. The van der Waals surface area contributed by atoms with Crippen LogP contribution in [0.1, 0.15) is 43.7 Å². The van der Waals surface area contributed by atoms with Crippen molar-refractivity contribution in [3.63, 3.8) is 0 Å². The molecule has 0 spiro atoms. The molecule has 1 aromatic rings. The Morgan fingerprint density at radius 3 is 2.65 bits per heavy atom. The molecule has 0 aromatic carbocycles. The summed E-state index contributed by atoms with van der Waals surface area (Å²) in [4.78, 5) is 16.5. The summed E-state index contributed by atoms with van der Waals surface area (Å²) in [6.07, 6.45) is 0. The molecular formula is C14H24N4O2. The summed E-state index contributed by atoms with van der Waals surface area (Å²) in [5.41, 5.74) is 3.68. The molecule has 0 atom stereocenters. The second-order valence-corrected chi connectivity index (χ2v) is 5.47. The van der Waals surface area contributed by atoms with Crippen LogP contribution in [0, 0.1) is 0 Å². The molecule has 1 aromatic heterocycles. The van der Waals surface area contributed by atoms with Crippen molar-refractivity contribution >= 4 is 11.7 Å². The summed E-state index contributed by atoms with van der Waals surface area (Å²) >= 11 is 0. The first kappa shape index (κ1) is 16.4. The molecule has 6 nitrogen and oxygen atoms in total. The fourth-order valence-corrected chi connectivity index (χ4v) is 1.60. The van der Waals surface area contributed by atoms with E-state index in [4.69, 9.17) is 10.6 Å². The number of pyridine rings is 1. The predicted molar refractivity (Wildman–Crippen MR) is 79.6 cm³/mol. The Kier molecular flexibility index (Phi) is 5.91. The number of nitrogens with zero attached hydrogens (tertiary/aromatic N) is 1. The van der Waals surface area contributed by atoms with Gasteiger partial charge in [-0.3, -0.25) is 4.79 Å². The minimum Gasteiger partial charge on any atom is -0.380 e. The van der Waals surface area contributed by atoms with Gasteiger partial charge in [-0.15, -0.1) is 0 Å². The Morgan fingerprint density at radius 1 is 1.40 bits per heavy atom. The SMILES string of the molecule is CCOCCNC(=O)c1cc(NN)nc(C(C)(C)C)c1. The maximum Gasteiger partial charge on any atom is 0.251 e. The number of anilines is 1. The van der Waals surface area contributed by atoms with E-state index < -0.39 is 0 Å². The van der Waals surface area contributed by atoms with Crippen molar-refractivity contribution in [2.24, 2.45) is 5.84 Å². The van der Waals surface area contributed by atoms with Crippen LogP contribution in [0.4, 0.5) is 5.82 Å². The molecule has 0 aliphatic rings. The van der Waals surface area contributed by atoms with Gasteiger partial charge in [-0.05, 0) is 19.1 Å². The van der Waals surface area contributed by atoms with Gasteiger partial charge in [0.25, 0.3) is 5.91 Å². The zero-order valence-corrected chi connectivity index (χ0v) is 12.6. The molecule has 112 valence electrons. The summed E-state index contributed by atoms with van der Waals surface area (Å²) in [6, 6.07) is 3.42. The van der Waals surface area contributed by atoms with Gasteiger partial charge >= 0.3 is 0 Å². The molecule has 0 bridgehead atoms. The van der Waals surface area contributed by atoms with Gasteiger partial charge < -0.3 is 15.5 Å². The third-order valence-electron chi connectivity index (χ3n) is 2.74. The zero-order valence-electron chi connectivity index (χ0n) is 12.6. The van der Waals surface area contributed by atoms with Crippen molar-refractivity contribution < 1.29 is 9.53 Å². The smallest absolute Gasteiger partial charge is 0.251 e. The molecule has 0 saturated heterocycles. The standard InChI is InChI=1S/C14H24N4O2/c1-5-20-7-6-16-13(19)10-8-11(14(2,3)4)17-12(9-10)18-15/h8-9H,5-7,15H2,1-4H3,(H,16,19)(H,17,18). The Bertz CT molecular complexity index is 455. The fourth-order valence-electron chi connectivity index (χ4n) is 1.60. The number of nitrogens with one attached hydrogen (secondary N) is 2. The van der Waals surface area contributed by atoms with Crippen molar-refractivity contribution in [2.45, 2.75) is 33.1 Å². The Balaban J connectivity index is 2.85. The van der Waals surface area contributed by atoms with E-state index in [1.54, 1.807) is 12.1 Å². The van der Waals surface area contributed by atoms with Gasteiger partial charge in [-0.25, -0.2) is 10.8 Å². The van der Waals surface area contributed by atoms with Crippen LogP contribution in [-0.2, 0) is 10.2 Å². The van der Waals surface area contributed by atoms with Crippen LogP contribution in [-0.4, -0.2) is 30.6 Å². The average molecular weight is 280 g/mol. The van der Waals surface area contributed by atoms with Gasteiger partial charge in [0.15, 0.2) is 0 Å². The van der Waals surface area contributed by atoms with Crippen LogP contribution in [0.15, 0.2) is 12.1 Å². The summed E-state index contributed by atoms with van der Waals surface area (Å²) in [5, 5.41) is 2.80. The van der Waals surface area contributed by atoms with Crippen LogP contribution in [0.5, 0.6) is 0 Å². The summed E-state index contributed by atoms with van der Waals surface area (Å²) in [6.45, 7) is 9.64. The largest absolute Gasteiger partial charge is 0.380 e. The number of hydrazine groups is 1. The highest BCUT2D eigenvalue weighted by Crippen LogP contribution is 2.23. The molecule has 6 heteroatoms. The van der Waals surface area contributed by atoms with Gasteiger partial charge in [-0.2, -0.15) is 0 Å². The third-order valence-corrected chi connectivity index (χ3v) is 2.74. The van der Waals surface area contributed by atoms with Gasteiger partial charge in [0, 0.05) is 29.8 Å². The molecule has 0 aliphatic carbocycles. The van der Waals surface area contributed by atoms with Crippen molar-refractivity contribution in [3.8, 4) is 0 Å². The number of hydrogen-bond acceptors (Lipinski definition) is 5. The molecule has 1 heterocycles. The van der Waals surface area contributed by atoms with E-state index >= 15 is 0 Å². The number of carbonyl (C=O) groups is 1. The number of amides is 1. The lowest BCUT2D eigenvalue weighted by molar-refractivity contribution is 0.0922. The summed E-state index contributed by atoms with van der Waals surface area (Å²) < 4.78 is 5.18. The van der Waals surface area contributed by atoms with Crippen molar-refractivity contribution in [2.75, 3.05) is 25.2 Å². The van der Waals surface area contributed by atoms with E-state index in [1.165, 1.54) is 0 Å². The molecule has 4 N–H and O–H groups in total. The molecule has 0 unspecified atom stereocenters. The van der Waals surface area contributed by atoms with E-state index in [1.807, 2.05) is 27.7 Å². The van der Waals surface area contributed by atoms with Gasteiger partial charge in [0.05, 0.1) is 6.61 Å². The van der Waals surface area contributed by atoms with Gasteiger partial charge in [0.2, 0.25) is 0 Å². The van der Waals surface area contributed by atoms with Crippen LogP contribution in [0.3, 0.4) is 0 Å². The Labute approximate surface area is 120 Å². The molecule has 0 aliphatic heterocycles. The topological polar surface area (TPSA) is 89.3 Å². The van der Waals surface area contributed by atoms with Crippen molar-refractivity contribution in [1.29, 1.82) is 0 Å². The lowest BCUT2D eigenvalue weighted by Crippen LogP contribution is -2.28. The highest BCUT2D eigenvalue weighted by molar-refractivity contribution is 5.95. The molecule has 0 radical (unpaired) electrons. The first-order valence-corrected chi connectivity index (χ1v) is 6.73. The summed E-state index contributed by atoms with van der Waals surface area (Å²) in [5.74, 6) is 5.73. The third kappa shape index (κ3) is 4.79. The highest BCUT2D eigenvalue weighted by atomic mass is 16.5. The van der Waals surface area contributed by atoms with Crippen molar-refractivity contribution in [3.05, 3.63) is 23.4 Å². The van der Waals surface area contributed by atoms with Crippen LogP contribution < -0.4 is 16.6 Å². The normalized spacial score (nSPS) is 11.2. The predicted octanol–water partition coefficient (Wildman–Crippen LogP) is 1.43. The van der Waals surface area contributed by atoms with E-state index in [0.717, 1.165) is 5.69 Å². The van der Waals surface area contributed by atoms with Crippen LogP contribution >= 0.6 is 0 Å². The second-order valence-electron chi connectivity index (χ2n) is 5.47. The average Bonchev–Trinajstić information content (AvgIpc) is 2.41. The fraction of sp³-hybridized carbons (Fsp3) is 0.571. The van der Waals surface area contributed by atoms with Crippen LogP contribution in [0.2, 0.25) is 0 Å². The number of carbonyl (C=O) groups excluding carboxylic acids is 1. The minimum atomic E-state index is -0.160. The highest BCUT2D eigenvalue weighted by Gasteiger charge is 2.19. The van der Waals surface area contributed by atoms with E-state index in [-0.39, 0.29) is 11.3 Å². The molecule has 20 heavy (non-hydrogen) atoms. The molecular weight excluding hydrogens is 256 g/mol. The summed E-state index contributed by atoms with van der Waals surface area (Å²) in [7, 11) is 0. The molecule has 1 amide bonds. The number of nitrogen functional groups attached to an aromatic ring is 1. The number of nitrogens with two attached hydrogens (primary N) is 1. The Hall–Kier alpha value is -1.66. The number of aromatic nitrogens is 1. The zero-order chi connectivity index (χ0) is 15.2. The maximum absolute atomic E-state index is 12.1. The first-order valence-electron chi connectivity index (χ1n) is 6.73. The van der Waals surface area contributed by atoms with Crippen LogP contribution in [0.25, 0.3) is 0 Å². The van der Waals surface area contributed by atoms with E-state index in [9.17, 15) is 4.79 Å². The van der Waals surface area contributed by atoms with Gasteiger partial charge in [-0.1, -0.05) is 20.8 Å². The molecule has 1 rings (SSSR count). The number of rotatable bonds is 6. The van der Waals surface area contributed by atoms with Gasteiger partial charge in [0.1, 0.15) is 5.82 Å². The maximum atomic E-state index is 12.1. The van der Waals surface area contributed by atoms with E-state index in [2.05, 4.69) is 15.7 Å². The molecule has 0 fully saturated rings.